The molecule has 0 saturated heterocycles. The molecule has 9 nitrogen and oxygen atoms in total. The smallest absolute Gasteiger partial charge is 0.434 e. The molecule has 1 aromatic carbocycles. The Morgan fingerprint density at radius 1 is 1.12 bits per heavy atom. The maximum absolute atomic E-state index is 13.6. The molecular weight excluding hydrogens is 575 g/mol. The van der Waals surface area contributed by atoms with Gasteiger partial charge in [0.15, 0.2) is 5.69 Å². The minimum atomic E-state index is -4.79. The summed E-state index contributed by atoms with van der Waals surface area (Å²) in [4.78, 5) is 34.0. The van der Waals surface area contributed by atoms with Crippen LogP contribution in [0.15, 0.2) is 59.7 Å². The standard InChI is InChI=1S/C29H29ClF3N5O4/c1-17(39)16-42-25-11-10-21(14-34-25)38-24-5-3-2-4-23(24)37(28(38)41)15-18-6-8-20(9-7-18)36-27(40)22-12-19(30)13-35-26(22)29(31,32)33/h2-5,10-14,17-18,20,39H,6-9,15-16H2,1H3,(H,36,40)/t17-,18?,20?/m0/s1. The van der Waals surface area contributed by atoms with E-state index in [0.29, 0.717) is 43.8 Å². The summed E-state index contributed by atoms with van der Waals surface area (Å²) in [5.74, 6) is -0.402. The summed E-state index contributed by atoms with van der Waals surface area (Å²) >= 11 is 5.82. The summed E-state index contributed by atoms with van der Waals surface area (Å²) in [7, 11) is 0. The van der Waals surface area contributed by atoms with Gasteiger partial charge in [-0.1, -0.05) is 23.7 Å². The Kier molecular flexibility index (Phi) is 8.55. The van der Waals surface area contributed by atoms with Gasteiger partial charge in [0, 0.05) is 24.8 Å². The van der Waals surface area contributed by atoms with Crippen molar-refractivity contribution >= 4 is 28.5 Å². The van der Waals surface area contributed by atoms with E-state index in [2.05, 4.69) is 15.3 Å². The van der Waals surface area contributed by atoms with Crippen LogP contribution < -0.4 is 15.7 Å². The Balaban J connectivity index is 1.28. The number of hydrogen-bond acceptors (Lipinski definition) is 6. The fourth-order valence-electron chi connectivity index (χ4n) is 5.28. The molecule has 1 fully saturated rings. The Labute approximate surface area is 243 Å². The van der Waals surface area contributed by atoms with Gasteiger partial charge in [0.05, 0.1) is 39.6 Å². The number of nitrogens with one attached hydrogen (secondary N) is 1. The zero-order valence-corrected chi connectivity index (χ0v) is 23.4. The van der Waals surface area contributed by atoms with Crippen LogP contribution in [0.4, 0.5) is 13.2 Å². The number of carbonyl (C=O) groups excluding carboxylic acids is 1. The average molecular weight is 604 g/mol. The number of pyridine rings is 2. The lowest BCUT2D eigenvalue weighted by Gasteiger charge is -2.29. The molecule has 3 heterocycles. The van der Waals surface area contributed by atoms with Crippen LogP contribution in [-0.4, -0.2) is 48.9 Å². The van der Waals surface area contributed by atoms with E-state index in [4.69, 9.17) is 16.3 Å². The van der Waals surface area contributed by atoms with Crippen molar-refractivity contribution < 1.29 is 27.8 Å². The van der Waals surface area contributed by atoms with Gasteiger partial charge in [-0.15, -0.1) is 0 Å². The number of aliphatic hydroxyl groups is 1. The number of fused-ring (bicyclic) bond motifs is 1. The lowest BCUT2D eigenvalue weighted by Crippen LogP contribution is -2.39. The van der Waals surface area contributed by atoms with E-state index in [1.807, 2.05) is 24.3 Å². The molecule has 1 saturated carbocycles. The van der Waals surface area contributed by atoms with Crippen LogP contribution in [0.3, 0.4) is 0 Å². The third-order valence-corrected chi connectivity index (χ3v) is 7.48. The quantitative estimate of drug-likeness (QED) is 0.293. The van der Waals surface area contributed by atoms with Crippen molar-refractivity contribution in [3.63, 3.8) is 0 Å². The topological polar surface area (TPSA) is 111 Å². The fourth-order valence-corrected chi connectivity index (χ4v) is 5.44. The van der Waals surface area contributed by atoms with Crippen molar-refractivity contribution in [1.82, 2.24) is 24.4 Å². The normalized spacial score (nSPS) is 18.1. The summed E-state index contributed by atoms with van der Waals surface area (Å²) in [6, 6.07) is 11.5. The first-order valence-corrected chi connectivity index (χ1v) is 13.9. The molecule has 13 heteroatoms. The summed E-state index contributed by atoms with van der Waals surface area (Å²) in [6.07, 6.45) is -0.560. The zero-order valence-electron chi connectivity index (χ0n) is 22.6. The molecule has 222 valence electrons. The van der Waals surface area contributed by atoms with Gasteiger partial charge in [-0.2, -0.15) is 13.2 Å². The SMILES string of the molecule is C[C@H](O)COc1ccc(-n2c(=O)n(CC3CCC(NC(=O)c4cc(Cl)cnc4C(F)(F)F)CC3)c3ccccc32)cn1. The largest absolute Gasteiger partial charge is 0.475 e. The first-order chi connectivity index (χ1) is 20.0. The number of carbonyl (C=O) groups is 1. The minimum Gasteiger partial charge on any atom is -0.475 e. The van der Waals surface area contributed by atoms with E-state index in [9.17, 15) is 27.9 Å². The van der Waals surface area contributed by atoms with Gasteiger partial charge in [0.25, 0.3) is 5.91 Å². The number of aromatic nitrogens is 4. The van der Waals surface area contributed by atoms with Crippen LogP contribution >= 0.6 is 11.6 Å². The molecule has 1 aliphatic carbocycles. The molecular formula is C29H29ClF3N5O4. The maximum atomic E-state index is 13.6. The lowest BCUT2D eigenvalue weighted by molar-refractivity contribution is -0.141. The Hall–Kier alpha value is -3.90. The summed E-state index contributed by atoms with van der Waals surface area (Å²) in [6.45, 7) is 2.16. The number of benzene rings is 1. The van der Waals surface area contributed by atoms with Crippen LogP contribution in [0.5, 0.6) is 5.88 Å². The van der Waals surface area contributed by atoms with Gasteiger partial charge in [0.1, 0.15) is 6.61 Å². The molecule has 2 N–H and O–H groups in total. The van der Waals surface area contributed by atoms with Crippen molar-refractivity contribution in [2.24, 2.45) is 5.92 Å². The third kappa shape index (κ3) is 6.44. The molecule has 0 aliphatic heterocycles. The Bertz CT molecular complexity index is 1630. The number of halogens is 4. The highest BCUT2D eigenvalue weighted by molar-refractivity contribution is 6.30. The summed E-state index contributed by atoms with van der Waals surface area (Å²) in [5, 5.41) is 12.1. The molecule has 0 bridgehead atoms. The molecule has 0 spiro atoms. The predicted octanol–water partition coefficient (Wildman–Crippen LogP) is 5.00. The van der Waals surface area contributed by atoms with Crippen molar-refractivity contribution in [1.29, 1.82) is 0 Å². The summed E-state index contributed by atoms with van der Waals surface area (Å²) in [5.41, 5.74) is -0.0443. The number of hydrogen-bond donors (Lipinski definition) is 2. The number of alkyl halides is 3. The van der Waals surface area contributed by atoms with Crippen LogP contribution in [-0.2, 0) is 12.7 Å². The van der Waals surface area contributed by atoms with E-state index in [-0.39, 0.29) is 29.3 Å². The van der Waals surface area contributed by atoms with Crippen LogP contribution in [0, 0.1) is 5.92 Å². The molecule has 4 aromatic rings. The molecule has 1 aliphatic rings. The van der Waals surface area contributed by atoms with Crippen LogP contribution in [0.2, 0.25) is 5.02 Å². The molecule has 5 rings (SSSR count). The molecule has 3 aromatic heterocycles. The second-order valence-corrected chi connectivity index (χ2v) is 10.9. The number of ether oxygens (including phenoxy) is 1. The highest BCUT2D eigenvalue weighted by Gasteiger charge is 2.38. The zero-order chi connectivity index (χ0) is 30.0. The molecule has 1 amide bonds. The molecule has 42 heavy (non-hydrogen) atoms. The van der Waals surface area contributed by atoms with Gasteiger partial charge in [-0.05, 0) is 62.8 Å². The number of nitrogens with zero attached hydrogens (tertiary/aromatic N) is 4. The monoisotopic (exact) mass is 603 g/mol. The van der Waals surface area contributed by atoms with E-state index in [0.717, 1.165) is 23.3 Å². The van der Waals surface area contributed by atoms with E-state index < -0.39 is 29.4 Å². The first kappa shape index (κ1) is 29.6. The minimum absolute atomic E-state index is 0.0575. The fraction of sp³-hybridized carbons (Fsp3) is 0.379. The van der Waals surface area contributed by atoms with E-state index in [1.54, 1.807) is 34.4 Å². The predicted molar refractivity (Wildman–Crippen MR) is 150 cm³/mol. The number of rotatable bonds is 8. The average Bonchev–Trinajstić information content (AvgIpc) is 3.23. The van der Waals surface area contributed by atoms with Crippen molar-refractivity contribution in [3.8, 4) is 11.6 Å². The van der Waals surface area contributed by atoms with Crippen molar-refractivity contribution in [3.05, 3.63) is 81.6 Å². The highest BCUT2D eigenvalue weighted by Crippen LogP contribution is 2.32. The summed E-state index contributed by atoms with van der Waals surface area (Å²) < 4.78 is 48.9. The van der Waals surface area contributed by atoms with Crippen molar-refractivity contribution in [2.75, 3.05) is 6.61 Å². The van der Waals surface area contributed by atoms with Gasteiger partial charge in [-0.3, -0.25) is 13.9 Å². The number of amides is 1. The van der Waals surface area contributed by atoms with E-state index in [1.165, 1.54) is 0 Å². The van der Waals surface area contributed by atoms with Crippen LogP contribution in [0.25, 0.3) is 16.7 Å². The second-order valence-electron chi connectivity index (χ2n) is 10.5. The number of para-hydroxylation sites is 2. The molecule has 0 radical (unpaired) electrons. The lowest BCUT2D eigenvalue weighted by atomic mass is 9.85. The van der Waals surface area contributed by atoms with Gasteiger partial charge in [-0.25, -0.2) is 14.8 Å². The van der Waals surface area contributed by atoms with E-state index >= 15 is 0 Å². The first-order valence-electron chi connectivity index (χ1n) is 13.5. The third-order valence-electron chi connectivity index (χ3n) is 7.28. The van der Waals surface area contributed by atoms with Gasteiger partial charge in [0.2, 0.25) is 5.88 Å². The van der Waals surface area contributed by atoms with Crippen LogP contribution in [0.1, 0.15) is 48.7 Å². The number of imidazole rings is 1. The Morgan fingerprint density at radius 3 is 2.48 bits per heavy atom. The van der Waals surface area contributed by atoms with Gasteiger partial charge >= 0.3 is 11.9 Å². The highest BCUT2D eigenvalue weighted by atomic mass is 35.5. The van der Waals surface area contributed by atoms with Crippen molar-refractivity contribution in [2.45, 2.75) is 57.5 Å². The maximum Gasteiger partial charge on any atom is 0.434 e. The number of aliphatic hydroxyl groups excluding tert-OH is 1. The molecule has 1 atom stereocenters. The Morgan fingerprint density at radius 2 is 1.83 bits per heavy atom. The van der Waals surface area contributed by atoms with Gasteiger partial charge < -0.3 is 15.2 Å². The second kappa shape index (κ2) is 12.1. The molecule has 0 unspecified atom stereocenters.